The Hall–Kier alpha value is -1.95. The highest BCUT2D eigenvalue weighted by Gasteiger charge is 2.46. The predicted octanol–water partition coefficient (Wildman–Crippen LogP) is 2.61. The SMILES string of the molecule is Cc1ccc(Cl)cc1NC(=O)C1(c2nn[nH]n2)CCCC1. The highest BCUT2D eigenvalue weighted by atomic mass is 35.5. The van der Waals surface area contributed by atoms with Crippen LogP contribution in [0.15, 0.2) is 18.2 Å². The van der Waals surface area contributed by atoms with Gasteiger partial charge in [0.1, 0.15) is 5.41 Å². The lowest BCUT2D eigenvalue weighted by molar-refractivity contribution is -0.121. The molecule has 1 aliphatic rings. The molecule has 0 saturated heterocycles. The molecule has 1 heterocycles. The van der Waals surface area contributed by atoms with E-state index < -0.39 is 5.41 Å². The van der Waals surface area contributed by atoms with Gasteiger partial charge in [0, 0.05) is 10.7 Å². The van der Waals surface area contributed by atoms with Crippen molar-refractivity contribution in [1.82, 2.24) is 20.6 Å². The number of nitrogens with one attached hydrogen (secondary N) is 2. The van der Waals surface area contributed by atoms with Gasteiger partial charge in [-0.15, -0.1) is 10.2 Å². The number of aryl methyl sites for hydroxylation is 1. The number of hydrogen-bond acceptors (Lipinski definition) is 4. The molecule has 110 valence electrons. The van der Waals surface area contributed by atoms with Crippen LogP contribution >= 0.6 is 11.6 Å². The number of aromatic amines is 1. The van der Waals surface area contributed by atoms with Gasteiger partial charge < -0.3 is 5.32 Å². The highest BCUT2D eigenvalue weighted by molar-refractivity contribution is 6.31. The summed E-state index contributed by atoms with van der Waals surface area (Å²) in [5.74, 6) is 0.379. The van der Waals surface area contributed by atoms with E-state index in [2.05, 4.69) is 25.9 Å². The monoisotopic (exact) mass is 305 g/mol. The Morgan fingerprint density at radius 2 is 2.14 bits per heavy atom. The maximum Gasteiger partial charge on any atom is 0.238 e. The molecule has 0 aliphatic heterocycles. The largest absolute Gasteiger partial charge is 0.325 e. The third kappa shape index (κ3) is 2.51. The first kappa shape index (κ1) is 14.0. The molecule has 0 atom stereocenters. The van der Waals surface area contributed by atoms with Crippen LogP contribution in [0, 0.1) is 6.92 Å². The standard InChI is InChI=1S/C14H16ClN5O/c1-9-4-5-10(15)8-11(9)16-13(21)14(6-2-3-7-14)12-17-19-20-18-12/h4-5,8H,2-3,6-7H2,1H3,(H,16,21)(H,17,18,19,20). The van der Waals surface area contributed by atoms with E-state index in [0.29, 0.717) is 10.8 Å². The molecule has 0 unspecified atom stereocenters. The van der Waals surface area contributed by atoms with Crippen LogP contribution in [0.1, 0.15) is 37.1 Å². The fourth-order valence-electron chi connectivity index (χ4n) is 2.87. The van der Waals surface area contributed by atoms with Gasteiger partial charge in [0.15, 0.2) is 5.82 Å². The number of aromatic nitrogens is 4. The first-order valence-electron chi connectivity index (χ1n) is 6.93. The summed E-state index contributed by atoms with van der Waals surface area (Å²) in [6, 6.07) is 5.44. The Morgan fingerprint density at radius 3 is 2.81 bits per heavy atom. The summed E-state index contributed by atoms with van der Waals surface area (Å²) in [6.45, 7) is 1.93. The molecule has 0 radical (unpaired) electrons. The smallest absolute Gasteiger partial charge is 0.238 e. The van der Waals surface area contributed by atoms with Gasteiger partial charge in [-0.05, 0) is 37.5 Å². The van der Waals surface area contributed by atoms with Crippen molar-refractivity contribution in [3.63, 3.8) is 0 Å². The number of benzene rings is 1. The molecular formula is C14H16ClN5O. The lowest BCUT2D eigenvalue weighted by atomic mass is 9.84. The first-order chi connectivity index (χ1) is 10.1. The minimum atomic E-state index is -0.693. The zero-order valence-corrected chi connectivity index (χ0v) is 12.4. The van der Waals surface area contributed by atoms with E-state index >= 15 is 0 Å². The molecule has 7 heteroatoms. The Bertz CT molecular complexity index is 649. The maximum atomic E-state index is 12.8. The summed E-state index contributed by atoms with van der Waals surface area (Å²) >= 11 is 6.00. The van der Waals surface area contributed by atoms with Crippen molar-refractivity contribution in [3.8, 4) is 0 Å². The Balaban J connectivity index is 1.91. The summed E-state index contributed by atoms with van der Waals surface area (Å²) in [7, 11) is 0. The third-order valence-corrected chi connectivity index (χ3v) is 4.35. The molecule has 2 N–H and O–H groups in total. The second-order valence-corrected chi connectivity index (χ2v) is 5.87. The maximum absolute atomic E-state index is 12.8. The highest BCUT2D eigenvalue weighted by Crippen LogP contribution is 2.40. The van der Waals surface area contributed by atoms with Gasteiger partial charge in [-0.25, -0.2) is 0 Å². The number of amides is 1. The van der Waals surface area contributed by atoms with Crippen LogP contribution in [0.2, 0.25) is 5.02 Å². The van der Waals surface area contributed by atoms with Gasteiger partial charge in [0.2, 0.25) is 5.91 Å². The number of H-pyrrole nitrogens is 1. The van der Waals surface area contributed by atoms with Crippen molar-refractivity contribution in [1.29, 1.82) is 0 Å². The average Bonchev–Trinajstić information content (AvgIpc) is 3.13. The molecule has 2 aromatic rings. The molecule has 1 aliphatic carbocycles. The molecule has 0 spiro atoms. The second-order valence-electron chi connectivity index (χ2n) is 5.44. The Morgan fingerprint density at radius 1 is 1.38 bits per heavy atom. The summed E-state index contributed by atoms with van der Waals surface area (Å²) < 4.78 is 0. The minimum absolute atomic E-state index is 0.0910. The van der Waals surface area contributed by atoms with Gasteiger partial charge in [-0.3, -0.25) is 4.79 Å². The van der Waals surface area contributed by atoms with Gasteiger partial charge in [0.05, 0.1) is 0 Å². The summed E-state index contributed by atoms with van der Waals surface area (Å²) in [6.07, 6.45) is 3.43. The van der Waals surface area contributed by atoms with Crippen LogP contribution < -0.4 is 5.32 Å². The average molecular weight is 306 g/mol. The number of carbonyl (C=O) groups is 1. The number of nitrogens with zero attached hydrogens (tertiary/aromatic N) is 3. The molecule has 6 nitrogen and oxygen atoms in total. The summed E-state index contributed by atoms with van der Waals surface area (Å²) in [5, 5.41) is 17.7. The van der Waals surface area contributed by atoms with Crippen LogP contribution in [-0.4, -0.2) is 26.5 Å². The molecule has 1 saturated carbocycles. The first-order valence-corrected chi connectivity index (χ1v) is 7.31. The minimum Gasteiger partial charge on any atom is -0.325 e. The summed E-state index contributed by atoms with van der Waals surface area (Å²) in [4.78, 5) is 12.8. The number of halogens is 1. The molecule has 1 amide bonds. The second kappa shape index (κ2) is 5.44. The van der Waals surface area contributed by atoms with Crippen molar-refractivity contribution in [2.24, 2.45) is 0 Å². The van der Waals surface area contributed by atoms with E-state index in [-0.39, 0.29) is 5.91 Å². The quantitative estimate of drug-likeness (QED) is 0.913. The van der Waals surface area contributed by atoms with Gasteiger partial charge in [-0.2, -0.15) is 5.21 Å². The van der Waals surface area contributed by atoms with Gasteiger partial charge in [-0.1, -0.05) is 35.7 Å². The van der Waals surface area contributed by atoms with Crippen LogP contribution in [-0.2, 0) is 10.2 Å². The van der Waals surface area contributed by atoms with Crippen LogP contribution in [0.25, 0.3) is 0 Å². The lowest BCUT2D eigenvalue weighted by Crippen LogP contribution is -2.39. The molecule has 1 fully saturated rings. The topological polar surface area (TPSA) is 83.6 Å². The van der Waals surface area contributed by atoms with E-state index in [1.54, 1.807) is 12.1 Å². The Kier molecular flexibility index (Phi) is 3.63. The van der Waals surface area contributed by atoms with Crippen LogP contribution in [0.5, 0.6) is 0 Å². The van der Waals surface area contributed by atoms with E-state index in [1.807, 2.05) is 13.0 Å². The van der Waals surface area contributed by atoms with Crippen molar-refractivity contribution in [2.75, 3.05) is 5.32 Å². The number of anilines is 1. The molecule has 3 rings (SSSR count). The Labute approximate surface area is 127 Å². The van der Waals surface area contributed by atoms with Gasteiger partial charge >= 0.3 is 0 Å². The zero-order valence-electron chi connectivity index (χ0n) is 11.7. The molecule has 21 heavy (non-hydrogen) atoms. The van der Waals surface area contributed by atoms with Crippen molar-refractivity contribution in [2.45, 2.75) is 38.0 Å². The van der Waals surface area contributed by atoms with E-state index in [1.165, 1.54) is 0 Å². The third-order valence-electron chi connectivity index (χ3n) is 4.11. The molecular weight excluding hydrogens is 290 g/mol. The van der Waals surface area contributed by atoms with E-state index in [0.717, 1.165) is 36.9 Å². The fourth-order valence-corrected chi connectivity index (χ4v) is 3.04. The number of hydrogen-bond donors (Lipinski definition) is 2. The lowest BCUT2D eigenvalue weighted by Gasteiger charge is -2.24. The van der Waals surface area contributed by atoms with E-state index in [4.69, 9.17) is 11.6 Å². The van der Waals surface area contributed by atoms with Gasteiger partial charge in [0.25, 0.3) is 0 Å². The summed E-state index contributed by atoms with van der Waals surface area (Å²) in [5.41, 5.74) is 0.998. The molecule has 0 bridgehead atoms. The van der Waals surface area contributed by atoms with Crippen molar-refractivity contribution < 1.29 is 4.79 Å². The van der Waals surface area contributed by atoms with Crippen molar-refractivity contribution in [3.05, 3.63) is 34.6 Å². The molecule has 1 aromatic carbocycles. The number of carbonyl (C=O) groups excluding carboxylic acids is 1. The number of tetrazole rings is 1. The fraction of sp³-hybridized carbons (Fsp3) is 0.429. The zero-order chi connectivity index (χ0) is 14.9. The van der Waals surface area contributed by atoms with E-state index in [9.17, 15) is 4.79 Å². The van der Waals surface area contributed by atoms with Crippen molar-refractivity contribution >= 4 is 23.2 Å². The molecule has 1 aromatic heterocycles. The predicted molar refractivity (Wildman–Crippen MR) is 79.1 cm³/mol. The van der Waals surface area contributed by atoms with Crippen LogP contribution in [0.4, 0.5) is 5.69 Å². The normalized spacial score (nSPS) is 16.9. The number of rotatable bonds is 3. The van der Waals surface area contributed by atoms with Crippen LogP contribution in [0.3, 0.4) is 0 Å².